The number of nitrogens with zero attached hydrogens (tertiary/aromatic N) is 2. The maximum Gasteiger partial charge on any atom is 0.313 e. The number of esters is 1. The minimum atomic E-state index is -0.564. The van der Waals surface area contributed by atoms with E-state index in [1.54, 1.807) is 17.2 Å². The van der Waals surface area contributed by atoms with Gasteiger partial charge in [0, 0.05) is 25.1 Å². The highest BCUT2D eigenvalue weighted by Crippen LogP contribution is 2.21. The van der Waals surface area contributed by atoms with Gasteiger partial charge in [-0.15, -0.1) is 0 Å². The number of pyridine rings is 1. The van der Waals surface area contributed by atoms with Crippen molar-refractivity contribution in [3.8, 4) is 0 Å². The highest BCUT2D eigenvalue weighted by Gasteiger charge is 2.34. The summed E-state index contributed by atoms with van der Waals surface area (Å²) in [4.78, 5) is 40.6. The van der Waals surface area contributed by atoms with E-state index in [0.29, 0.717) is 13.1 Å². The van der Waals surface area contributed by atoms with Crippen LogP contribution in [-0.4, -0.2) is 41.2 Å². The Hall–Kier alpha value is -2.24. The van der Waals surface area contributed by atoms with Crippen molar-refractivity contribution in [3.05, 3.63) is 30.1 Å². The summed E-state index contributed by atoms with van der Waals surface area (Å²) in [5.41, 5.74) is 0.780. The Morgan fingerprint density at radius 2 is 2.25 bits per heavy atom. The molecule has 2 rings (SSSR count). The van der Waals surface area contributed by atoms with Crippen molar-refractivity contribution >= 4 is 17.7 Å². The predicted octanol–water partition coefficient (Wildman–Crippen LogP) is 0.562. The van der Waals surface area contributed by atoms with Gasteiger partial charge in [0.25, 0.3) is 0 Å². The number of hydrogen-bond donors (Lipinski definition) is 0. The number of ketones is 1. The molecule has 1 fully saturated rings. The van der Waals surface area contributed by atoms with Crippen molar-refractivity contribution in [1.82, 2.24) is 9.88 Å². The number of hydrogen-bond acceptors (Lipinski definition) is 5. The number of ether oxygens (including phenoxy) is 1. The molecule has 0 spiro atoms. The van der Waals surface area contributed by atoms with E-state index < -0.39 is 11.9 Å². The third-order valence-electron chi connectivity index (χ3n) is 3.30. The van der Waals surface area contributed by atoms with Gasteiger partial charge in [0.15, 0.2) is 0 Å². The molecule has 1 aromatic rings. The Morgan fingerprint density at radius 3 is 2.90 bits per heavy atom. The molecule has 0 saturated carbocycles. The Balaban J connectivity index is 1.93. The fourth-order valence-electron chi connectivity index (χ4n) is 2.19. The molecule has 0 radical (unpaired) electrons. The van der Waals surface area contributed by atoms with Gasteiger partial charge in [-0.2, -0.15) is 0 Å². The normalized spacial score (nSPS) is 18.1. The summed E-state index contributed by atoms with van der Waals surface area (Å²) >= 11 is 0. The van der Waals surface area contributed by atoms with Gasteiger partial charge in [0.1, 0.15) is 12.2 Å². The van der Waals surface area contributed by atoms with Crippen LogP contribution in [0.3, 0.4) is 0 Å². The lowest BCUT2D eigenvalue weighted by Gasteiger charge is -2.15. The molecule has 1 aliphatic rings. The standard InChI is InChI=1S/C14H16N2O4/c1-20-14(19)7-12(17)10-6-13(18)16(8-10)9-11-4-2-3-5-15-11/h2-5,10H,6-9H2,1H3/t10-/m0/s1. The van der Waals surface area contributed by atoms with Gasteiger partial charge in [-0.1, -0.05) is 6.07 Å². The lowest BCUT2D eigenvalue weighted by atomic mass is 10.0. The number of aromatic nitrogens is 1. The summed E-state index contributed by atoms with van der Waals surface area (Å²) in [5, 5.41) is 0. The summed E-state index contributed by atoms with van der Waals surface area (Å²) in [5.74, 6) is -1.32. The van der Waals surface area contributed by atoms with E-state index in [0.717, 1.165) is 5.69 Å². The van der Waals surface area contributed by atoms with Gasteiger partial charge in [0.2, 0.25) is 5.91 Å². The quantitative estimate of drug-likeness (QED) is 0.580. The number of carbonyl (C=O) groups excluding carboxylic acids is 3. The third kappa shape index (κ3) is 3.40. The summed E-state index contributed by atoms with van der Waals surface area (Å²) in [6, 6.07) is 5.48. The molecule has 0 aromatic carbocycles. The zero-order valence-electron chi connectivity index (χ0n) is 11.2. The second-order valence-electron chi connectivity index (χ2n) is 4.72. The predicted molar refractivity (Wildman–Crippen MR) is 69.4 cm³/mol. The largest absolute Gasteiger partial charge is 0.469 e. The average molecular weight is 276 g/mol. The molecule has 1 atom stereocenters. The van der Waals surface area contributed by atoms with E-state index in [-0.39, 0.29) is 24.5 Å². The molecule has 0 aliphatic carbocycles. The van der Waals surface area contributed by atoms with Crippen molar-refractivity contribution in [2.24, 2.45) is 5.92 Å². The molecule has 1 saturated heterocycles. The zero-order valence-corrected chi connectivity index (χ0v) is 11.2. The van der Waals surface area contributed by atoms with Gasteiger partial charge < -0.3 is 9.64 Å². The van der Waals surface area contributed by atoms with Crippen LogP contribution in [0.4, 0.5) is 0 Å². The SMILES string of the molecule is COC(=O)CC(=O)[C@H]1CC(=O)N(Cc2ccccn2)C1. The van der Waals surface area contributed by atoms with Crippen LogP contribution < -0.4 is 0 Å². The van der Waals surface area contributed by atoms with Gasteiger partial charge in [-0.05, 0) is 12.1 Å². The van der Waals surface area contributed by atoms with E-state index in [2.05, 4.69) is 9.72 Å². The number of methoxy groups -OCH3 is 1. The van der Waals surface area contributed by atoms with Crippen LogP contribution in [0.25, 0.3) is 0 Å². The molecule has 6 heteroatoms. The average Bonchev–Trinajstić information content (AvgIpc) is 2.81. The fourth-order valence-corrected chi connectivity index (χ4v) is 2.19. The Morgan fingerprint density at radius 1 is 1.45 bits per heavy atom. The monoisotopic (exact) mass is 276 g/mol. The van der Waals surface area contributed by atoms with Crippen LogP contribution >= 0.6 is 0 Å². The molecular weight excluding hydrogens is 260 g/mol. The molecule has 6 nitrogen and oxygen atoms in total. The molecule has 0 bridgehead atoms. The van der Waals surface area contributed by atoms with Crippen molar-refractivity contribution in [3.63, 3.8) is 0 Å². The summed E-state index contributed by atoms with van der Waals surface area (Å²) in [6.45, 7) is 0.729. The Bertz CT molecular complexity index is 515. The Labute approximate surface area is 116 Å². The van der Waals surface area contributed by atoms with E-state index in [1.807, 2.05) is 12.1 Å². The van der Waals surface area contributed by atoms with Crippen molar-refractivity contribution in [2.75, 3.05) is 13.7 Å². The van der Waals surface area contributed by atoms with Crippen LogP contribution in [-0.2, 0) is 25.7 Å². The van der Waals surface area contributed by atoms with Crippen LogP contribution in [0.1, 0.15) is 18.5 Å². The Kier molecular flexibility index (Phi) is 4.45. The number of rotatable bonds is 5. The summed E-state index contributed by atoms with van der Waals surface area (Å²) < 4.78 is 4.46. The van der Waals surface area contributed by atoms with Crippen molar-refractivity contribution in [2.45, 2.75) is 19.4 Å². The maximum absolute atomic E-state index is 11.9. The molecule has 106 valence electrons. The van der Waals surface area contributed by atoms with E-state index in [1.165, 1.54) is 7.11 Å². The van der Waals surface area contributed by atoms with E-state index in [4.69, 9.17) is 0 Å². The molecule has 2 heterocycles. The molecular formula is C14H16N2O4. The first-order valence-corrected chi connectivity index (χ1v) is 6.37. The summed E-state index contributed by atoms with van der Waals surface area (Å²) in [7, 11) is 1.24. The van der Waals surface area contributed by atoms with Crippen LogP contribution in [0.2, 0.25) is 0 Å². The zero-order chi connectivity index (χ0) is 14.5. The first kappa shape index (κ1) is 14.2. The van der Waals surface area contributed by atoms with Gasteiger partial charge >= 0.3 is 5.97 Å². The first-order chi connectivity index (χ1) is 9.60. The molecule has 1 amide bonds. The van der Waals surface area contributed by atoms with Crippen molar-refractivity contribution < 1.29 is 19.1 Å². The molecule has 20 heavy (non-hydrogen) atoms. The highest BCUT2D eigenvalue weighted by atomic mass is 16.5. The van der Waals surface area contributed by atoms with Crippen LogP contribution in [0.5, 0.6) is 0 Å². The van der Waals surface area contributed by atoms with E-state index >= 15 is 0 Å². The molecule has 1 aromatic heterocycles. The summed E-state index contributed by atoms with van der Waals surface area (Å²) in [6.07, 6.45) is 1.55. The fraction of sp³-hybridized carbons (Fsp3) is 0.429. The van der Waals surface area contributed by atoms with Crippen LogP contribution in [0.15, 0.2) is 24.4 Å². The van der Waals surface area contributed by atoms with Gasteiger partial charge in [0.05, 0.1) is 19.3 Å². The number of amides is 1. The van der Waals surface area contributed by atoms with Crippen molar-refractivity contribution in [1.29, 1.82) is 0 Å². The first-order valence-electron chi connectivity index (χ1n) is 6.37. The van der Waals surface area contributed by atoms with Gasteiger partial charge in [-0.3, -0.25) is 19.4 Å². The minimum absolute atomic E-state index is 0.0844. The third-order valence-corrected chi connectivity index (χ3v) is 3.30. The smallest absolute Gasteiger partial charge is 0.313 e. The lowest BCUT2D eigenvalue weighted by molar-refractivity contribution is -0.144. The maximum atomic E-state index is 11.9. The van der Waals surface area contributed by atoms with Gasteiger partial charge in [-0.25, -0.2) is 0 Å². The lowest BCUT2D eigenvalue weighted by Crippen LogP contribution is -2.26. The highest BCUT2D eigenvalue weighted by molar-refractivity contribution is 5.99. The topological polar surface area (TPSA) is 76.6 Å². The number of likely N-dealkylation sites (tertiary alicyclic amines) is 1. The molecule has 0 N–H and O–H groups in total. The minimum Gasteiger partial charge on any atom is -0.469 e. The second kappa shape index (κ2) is 6.27. The number of carbonyl (C=O) groups is 3. The van der Waals surface area contributed by atoms with E-state index in [9.17, 15) is 14.4 Å². The molecule has 0 unspecified atom stereocenters. The second-order valence-corrected chi connectivity index (χ2v) is 4.72. The number of Topliss-reactive ketones (excluding diaryl/α,β-unsaturated/α-hetero) is 1. The molecule has 1 aliphatic heterocycles. The van der Waals surface area contributed by atoms with Crippen LogP contribution in [0, 0.1) is 5.92 Å².